The Kier molecular flexibility index (Phi) is 4.06. The fourth-order valence-electron chi connectivity index (χ4n) is 3.69. The minimum atomic E-state index is -0.260. The maximum absolute atomic E-state index is 9.39. The second-order valence-corrected chi connectivity index (χ2v) is 5.64. The lowest BCUT2D eigenvalue weighted by Crippen LogP contribution is -2.52. The van der Waals surface area contributed by atoms with Crippen molar-refractivity contribution < 1.29 is 0 Å². The highest BCUT2D eigenvalue weighted by Crippen LogP contribution is 2.34. The number of hydrogen-bond acceptors (Lipinski definition) is 3. The van der Waals surface area contributed by atoms with Gasteiger partial charge in [-0.15, -0.1) is 0 Å². The topological polar surface area (TPSA) is 39.1 Å². The normalized spacial score (nSPS) is 39.1. The fourth-order valence-corrected chi connectivity index (χ4v) is 3.69. The van der Waals surface area contributed by atoms with Crippen LogP contribution in [-0.2, 0) is 0 Å². The Morgan fingerprint density at radius 2 is 2.24 bits per heavy atom. The molecule has 0 radical (unpaired) electrons. The van der Waals surface area contributed by atoms with E-state index in [1.807, 2.05) is 7.05 Å². The lowest BCUT2D eigenvalue weighted by molar-refractivity contribution is 0.109. The monoisotopic (exact) mass is 235 g/mol. The molecule has 1 saturated carbocycles. The average Bonchev–Trinajstić information content (AvgIpc) is 2.87. The van der Waals surface area contributed by atoms with Crippen LogP contribution in [0.3, 0.4) is 0 Å². The Morgan fingerprint density at radius 1 is 1.41 bits per heavy atom. The van der Waals surface area contributed by atoms with Gasteiger partial charge in [0.05, 0.1) is 6.07 Å². The zero-order valence-corrected chi connectivity index (χ0v) is 11.2. The smallest absolute Gasteiger partial charge is 0.108 e. The fraction of sp³-hybridized carbons (Fsp3) is 0.929. The van der Waals surface area contributed by atoms with E-state index in [0.717, 1.165) is 18.9 Å². The van der Waals surface area contributed by atoms with Crippen LogP contribution in [0.5, 0.6) is 0 Å². The summed E-state index contributed by atoms with van der Waals surface area (Å²) in [5, 5.41) is 12.7. The van der Waals surface area contributed by atoms with Crippen molar-refractivity contribution in [3.8, 4) is 6.07 Å². The highest BCUT2D eigenvalue weighted by Gasteiger charge is 2.40. The largest absolute Gasteiger partial charge is 0.302 e. The molecule has 1 aliphatic heterocycles. The first-order chi connectivity index (χ1) is 8.24. The second-order valence-electron chi connectivity index (χ2n) is 5.64. The van der Waals surface area contributed by atoms with E-state index in [2.05, 4.69) is 23.2 Å². The molecule has 0 amide bonds. The molecule has 1 saturated heterocycles. The van der Waals surface area contributed by atoms with Crippen LogP contribution in [-0.4, -0.2) is 36.1 Å². The molecule has 3 nitrogen and oxygen atoms in total. The SMILES string of the molecule is CCC1CCCN1C1CCCC(C#N)(NC)C1. The zero-order valence-electron chi connectivity index (χ0n) is 11.2. The van der Waals surface area contributed by atoms with E-state index in [0.29, 0.717) is 6.04 Å². The Bertz CT molecular complexity index is 296. The zero-order chi connectivity index (χ0) is 12.3. The van der Waals surface area contributed by atoms with Crippen LogP contribution in [0.15, 0.2) is 0 Å². The van der Waals surface area contributed by atoms with Crippen LogP contribution in [0, 0.1) is 11.3 Å². The molecule has 1 aliphatic carbocycles. The molecule has 3 atom stereocenters. The number of likely N-dealkylation sites (tertiary alicyclic amines) is 1. The van der Waals surface area contributed by atoms with Gasteiger partial charge in [-0.1, -0.05) is 6.92 Å². The van der Waals surface area contributed by atoms with E-state index < -0.39 is 0 Å². The van der Waals surface area contributed by atoms with Crippen molar-refractivity contribution in [1.82, 2.24) is 10.2 Å². The molecule has 0 spiro atoms. The molecule has 0 aromatic carbocycles. The summed E-state index contributed by atoms with van der Waals surface area (Å²) in [6.07, 6.45) is 8.45. The molecule has 2 aliphatic rings. The minimum Gasteiger partial charge on any atom is -0.302 e. The van der Waals surface area contributed by atoms with Crippen molar-refractivity contribution in [1.29, 1.82) is 5.26 Å². The third kappa shape index (κ3) is 2.48. The van der Waals surface area contributed by atoms with Crippen molar-refractivity contribution in [3.05, 3.63) is 0 Å². The van der Waals surface area contributed by atoms with Gasteiger partial charge in [0.25, 0.3) is 0 Å². The van der Waals surface area contributed by atoms with Gasteiger partial charge in [0, 0.05) is 12.1 Å². The van der Waals surface area contributed by atoms with Crippen molar-refractivity contribution in [2.45, 2.75) is 69.5 Å². The van der Waals surface area contributed by atoms with Crippen molar-refractivity contribution in [2.24, 2.45) is 0 Å². The summed E-state index contributed by atoms with van der Waals surface area (Å²) in [5.74, 6) is 0. The molecule has 3 unspecified atom stereocenters. The first-order valence-corrected chi connectivity index (χ1v) is 7.10. The van der Waals surface area contributed by atoms with Gasteiger partial charge in [0.1, 0.15) is 5.54 Å². The van der Waals surface area contributed by atoms with Crippen LogP contribution in [0.2, 0.25) is 0 Å². The molecule has 1 N–H and O–H groups in total. The lowest BCUT2D eigenvalue weighted by atomic mass is 9.79. The Balaban J connectivity index is 2.04. The van der Waals surface area contributed by atoms with Crippen LogP contribution in [0.1, 0.15) is 51.9 Å². The average molecular weight is 235 g/mol. The first-order valence-electron chi connectivity index (χ1n) is 7.10. The summed E-state index contributed by atoms with van der Waals surface area (Å²) in [6, 6.07) is 3.91. The Morgan fingerprint density at radius 3 is 2.88 bits per heavy atom. The molecule has 0 aromatic heterocycles. The van der Waals surface area contributed by atoms with Crippen LogP contribution >= 0.6 is 0 Å². The number of nitrogens with one attached hydrogen (secondary N) is 1. The predicted octanol–water partition coefficient (Wildman–Crippen LogP) is 2.29. The maximum Gasteiger partial charge on any atom is 0.108 e. The number of hydrogen-bond donors (Lipinski definition) is 1. The van der Waals surface area contributed by atoms with Gasteiger partial charge >= 0.3 is 0 Å². The molecule has 17 heavy (non-hydrogen) atoms. The maximum atomic E-state index is 9.39. The number of nitrogens with zero attached hydrogens (tertiary/aromatic N) is 2. The van der Waals surface area contributed by atoms with Crippen molar-refractivity contribution in [2.75, 3.05) is 13.6 Å². The summed E-state index contributed by atoms with van der Waals surface area (Å²) in [5.41, 5.74) is -0.260. The van der Waals surface area contributed by atoms with E-state index in [9.17, 15) is 5.26 Å². The summed E-state index contributed by atoms with van der Waals surface area (Å²) < 4.78 is 0. The molecule has 1 heterocycles. The molecule has 96 valence electrons. The minimum absolute atomic E-state index is 0.260. The number of nitriles is 1. The molecule has 0 aromatic rings. The lowest BCUT2D eigenvalue weighted by Gasteiger charge is -2.41. The van der Waals surface area contributed by atoms with E-state index in [1.54, 1.807) is 0 Å². The second kappa shape index (κ2) is 5.37. The van der Waals surface area contributed by atoms with Gasteiger partial charge in [-0.05, 0) is 58.5 Å². The third-order valence-corrected chi connectivity index (χ3v) is 4.78. The summed E-state index contributed by atoms with van der Waals surface area (Å²) in [7, 11) is 1.94. The van der Waals surface area contributed by atoms with Gasteiger partial charge in [-0.2, -0.15) is 5.26 Å². The summed E-state index contributed by atoms with van der Waals surface area (Å²) in [6.45, 7) is 3.54. The molecule has 3 heteroatoms. The van der Waals surface area contributed by atoms with Gasteiger partial charge < -0.3 is 5.32 Å². The quantitative estimate of drug-likeness (QED) is 0.815. The molecular formula is C14H25N3. The van der Waals surface area contributed by atoms with E-state index in [-0.39, 0.29) is 5.54 Å². The van der Waals surface area contributed by atoms with Gasteiger partial charge in [-0.25, -0.2) is 0 Å². The first kappa shape index (κ1) is 12.9. The highest BCUT2D eigenvalue weighted by molar-refractivity contribution is 5.11. The summed E-state index contributed by atoms with van der Waals surface area (Å²) in [4.78, 5) is 2.68. The van der Waals surface area contributed by atoms with Crippen LogP contribution < -0.4 is 5.32 Å². The van der Waals surface area contributed by atoms with E-state index >= 15 is 0 Å². The van der Waals surface area contributed by atoms with E-state index in [1.165, 1.54) is 38.6 Å². The molecule has 2 fully saturated rings. The van der Waals surface area contributed by atoms with Gasteiger partial charge in [0.15, 0.2) is 0 Å². The third-order valence-electron chi connectivity index (χ3n) is 4.78. The van der Waals surface area contributed by atoms with Crippen LogP contribution in [0.25, 0.3) is 0 Å². The summed E-state index contributed by atoms with van der Waals surface area (Å²) >= 11 is 0. The van der Waals surface area contributed by atoms with Crippen molar-refractivity contribution >= 4 is 0 Å². The van der Waals surface area contributed by atoms with Gasteiger partial charge in [0.2, 0.25) is 0 Å². The van der Waals surface area contributed by atoms with E-state index in [4.69, 9.17) is 0 Å². The Hall–Kier alpha value is -0.590. The predicted molar refractivity (Wildman–Crippen MR) is 69.7 cm³/mol. The highest BCUT2D eigenvalue weighted by atomic mass is 15.2. The molecule has 2 rings (SSSR count). The van der Waals surface area contributed by atoms with Crippen LogP contribution in [0.4, 0.5) is 0 Å². The molecule has 0 bridgehead atoms. The molecular weight excluding hydrogens is 210 g/mol. The van der Waals surface area contributed by atoms with Gasteiger partial charge in [-0.3, -0.25) is 4.90 Å². The van der Waals surface area contributed by atoms with Crippen molar-refractivity contribution in [3.63, 3.8) is 0 Å². The Labute approximate surface area is 105 Å². The standard InChI is InChI=1S/C14H25N3/c1-3-12-7-5-9-17(12)13-6-4-8-14(10-13,11-15)16-2/h12-13,16H,3-10H2,1-2H3. The number of rotatable bonds is 3.